The van der Waals surface area contributed by atoms with Crippen LogP contribution in [0.4, 0.5) is 5.00 Å². The summed E-state index contributed by atoms with van der Waals surface area (Å²) in [6.45, 7) is 3.80. The number of carboxylic acid groups (broad SMARTS) is 1. The number of aliphatic carboxylic acids is 1. The van der Waals surface area contributed by atoms with E-state index in [0.29, 0.717) is 11.4 Å². The topological polar surface area (TPSA) is 93.3 Å². The Bertz CT molecular complexity index is 402. The lowest BCUT2D eigenvalue weighted by Crippen LogP contribution is -2.13. The van der Waals surface area contributed by atoms with Crippen LogP contribution in [0.1, 0.15) is 31.2 Å². The Hall–Kier alpha value is -1.50. The van der Waals surface area contributed by atoms with Gasteiger partial charge in [0.15, 0.2) is 0 Å². The average molecular weight is 244 g/mol. The number of hydrogen-bond donors (Lipinski definition) is 1. The highest BCUT2D eigenvalue weighted by Gasteiger charge is 2.26. The standard InChI is InChI=1S/C9H12N2O4S/c1-5(2)3-6(9(12)13)8-10-4-7(16-8)11(14)15/h4-6H,3H2,1-2H3,(H,12,13). The molecule has 0 aromatic carbocycles. The fourth-order valence-corrected chi connectivity index (χ4v) is 2.14. The van der Waals surface area contributed by atoms with Crippen molar-refractivity contribution in [2.24, 2.45) is 5.92 Å². The molecule has 6 nitrogen and oxygen atoms in total. The first-order chi connectivity index (χ1) is 7.41. The average Bonchev–Trinajstić information content (AvgIpc) is 2.61. The molecule has 0 aliphatic heterocycles. The molecule has 0 saturated carbocycles. The van der Waals surface area contributed by atoms with E-state index in [-0.39, 0.29) is 10.9 Å². The Kier molecular flexibility index (Phi) is 3.94. The molecule has 0 aliphatic rings. The van der Waals surface area contributed by atoms with Crippen LogP contribution in [0.3, 0.4) is 0 Å². The molecular weight excluding hydrogens is 232 g/mol. The maximum absolute atomic E-state index is 11.0. The van der Waals surface area contributed by atoms with Gasteiger partial charge in [0.05, 0.1) is 4.92 Å². The van der Waals surface area contributed by atoms with E-state index in [1.807, 2.05) is 13.8 Å². The van der Waals surface area contributed by atoms with E-state index in [9.17, 15) is 14.9 Å². The van der Waals surface area contributed by atoms with Crippen molar-refractivity contribution in [3.05, 3.63) is 21.3 Å². The molecule has 1 rings (SSSR count). The maximum atomic E-state index is 11.0. The van der Waals surface area contributed by atoms with Gasteiger partial charge in [0.2, 0.25) is 0 Å². The molecule has 7 heteroatoms. The van der Waals surface area contributed by atoms with Gasteiger partial charge in [0, 0.05) is 0 Å². The van der Waals surface area contributed by atoms with Crippen LogP contribution in [0.2, 0.25) is 0 Å². The van der Waals surface area contributed by atoms with Crippen LogP contribution in [0.15, 0.2) is 6.20 Å². The summed E-state index contributed by atoms with van der Waals surface area (Å²) in [5, 5.41) is 19.7. The Labute approximate surface area is 96.1 Å². The summed E-state index contributed by atoms with van der Waals surface area (Å²) in [5.74, 6) is -1.54. The summed E-state index contributed by atoms with van der Waals surface area (Å²) >= 11 is 0.828. The predicted molar refractivity (Wildman–Crippen MR) is 58.6 cm³/mol. The molecule has 1 N–H and O–H groups in total. The summed E-state index contributed by atoms with van der Waals surface area (Å²) < 4.78 is 0. The van der Waals surface area contributed by atoms with E-state index in [0.717, 1.165) is 17.5 Å². The van der Waals surface area contributed by atoms with E-state index in [1.54, 1.807) is 0 Å². The van der Waals surface area contributed by atoms with Crippen LogP contribution in [-0.2, 0) is 4.79 Å². The van der Waals surface area contributed by atoms with Gasteiger partial charge in [0.25, 0.3) is 0 Å². The second kappa shape index (κ2) is 5.02. The van der Waals surface area contributed by atoms with Crippen LogP contribution >= 0.6 is 11.3 Å². The summed E-state index contributed by atoms with van der Waals surface area (Å²) in [5.41, 5.74) is 0. The largest absolute Gasteiger partial charge is 0.481 e. The van der Waals surface area contributed by atoms with E-state index in [2.05, 4.69) is 4.98 Å². The molecule has 1 unspecified atom stereocenters. The maximum Gasteiger partial charge on any atom is 0.343 e. The number of rotatable bonds is 5. The number of hydrogen-bond acceptors (Lipinski definition) is 5. The van der Waals surface area contributed by atoms with E-state index in [1.165, 1.54) is 0 Å². The van der Waals surface area contributed by atoms with Gasteiger partial charge in [-0.25, -0.2) is 4.98 Å². The molecule has 1 heterocycles. The molecule has 88 valence electrons. The molecule has 0 radical (unpaired) electrons. The van der Waals surface area contributed by atoms with Gasteiger partial charge >= 0.3 is 11.0 Å². The first-order valence-electron chi connectivity index (χ1n) is 4.74. The van der Waals surface area contributed by atoms with E-state index >= 15 is 0 Å². The smallest absolute Gasteiger partial charge is 0.343 e. The molecule has 0 aliphatic carbocycles. The summed E-state index contributed by atoms with van der Waals surface area (Å²) in [6, 6.07) is 0. The van der Waals surface area contributed by atoms with Gasteiger partial charge in [0.1, 0.15) is 17.1 Å². The molecule has 1 aromatic heterocycles. The first kappa shape index (κ1) is 12.6. The fourth-order valence-electron chi connectivity index (χ4n) is 1.30. The zero-order valence-electron chi connectivity index (χ0n) is 8.91. The van der Waals surface area contributed by atoms with Crippen LogP contribution in [0.5, 0.6) is 0 Å². The summed E-state index contributed by atoms with van der Waals surface area (Å²) in [6.07, 6.45) is 1.54. The molecule has 0 amide bonds. The number of aromatic nitrogens is 1. The number of nitro groups is 1. The highest BCUT2D eigenvalue weighted by molar-refractivity contribution is 7.15. The molecule has 16 heavy (non-hydrogen) atoms. The van der Waals surface area contributed by atoms with Crippen molar-refractivity contribution in [2.45, 2.75) is 26.2 Å². The minimum Gasteiger partial charge on any atom is -0.481 e. The van der Waals surface area contributed by atoms with Gasteiger partial charge in [-0.3, -0.25) is 14.9 Å². The zero-order valence-corrected chi connectivity index (χ0v) is 9.73. The van der Waals surface area contributed by atoms with Gasteiger partial charge in [-0.15, -0.1) is 0 Å². The molecule has 0 fully saturated rings. The van der Waals surface area contributed by atoms with Crippen molar-refractivity contribution in [1.29, 1.82) is 0 Å². The minimum absolute atomic E-state index is 0.120. The first-order valence-corrected chi connectivity index (χ1v) is 5.56. The van der Waals surface area contributed by atoms with E-state index < -0.39 is 16.8 Å². The van der Waals surface area contributed by atoms with E-state index in [4.69, 9.17) is 5.11 Å². The minimum atomic E-state index is -0.988. The SMILES string of the molecule is CC(C)CC(C(=O)O)c1ncc([N+](=O)[O-])s1. The number of nitrogens with zero attached hydrogens (tertiary/aromatic N) is 2. The Morgan fingerprint density at radius 3 is 2.69 bits per heavy atom. The Morgan fingerprint density at radius 2 is 2.31 bits per heavy atom. The number of thiazole rings is 1. The molecule has 0 saturated heterocycles. The van der Waals surface area contributed by atoms with Crippen LogP contribution in [-0.4, -0.2) is 21.0 Å². The Balaban J connectivity index is 2.93. The van der Waals surface area contributed by atoms with Gasteiger partial charge in [-0.2, -0.15) is 0 Å². The van der Waals surface area contributed by atoms with Crippen LogP contribution in [0, 0.1) is 16.0 Å². The molecule has 0 spiro atoms. The normalized spacial score (nSPS) is 12.7. The second-order valence-electron chi connectivity index (χ2n) is 3.81. The van der Waals surface area contributed by atoms with Crippen molar-refractivity contribution in [3.8, 4) is 0 Å². The van der Waals surface area contributed by atoms with Crippen LogP contribution in [0.25, 0.3) is 0 Å². The van der Waals surface area contributed by atoms with Crippen molar-refractivity contribution < 1.29 is 14.8 Å². The van der Waals surface area contributed by atoms with Crippen molar-refractivity contribution in [2.75, 3.05) is 0 Å². The fraction of sp³-hybridized carbons (Fsp3) is 0.556. The molecule has 0 bridgehead atoms. The molecule has 1 atom stereocenters. The lowest BCUT2D eigenvalue weighted by molar-refractivity contribution is -0.380. The summed E-state index contributed by atoms with van der Waals surface area (Å²) in [7, 11) is 0. The second-order valence-corrected chi connectivity index (χ2v) is 4.85. The monoisotopic (exact) mass is 244 g/mol. The van der Waals surface area contributed by atoms with Gasteiger partial charge in [-0.05, 0) is 23.7 Å². The molecular formula is C9H12N2O4S. The summed E-state index contributed by atoms with van der Waals surface area (Å²) in [4.78, 5) is 24.7. The van der Waals surface area contributed by atoms with Crippen molar-refractivity contribution >= 4 is 22.3 Å². The van der Waals surface area contributed by atoms with Gasteiger partial charge in [-0.1, -0.05) is 13.8 Å². The number of carboxylic acids is 1. The lowest BCUT2D eigenvalue weighted by atomic mass is 9.98. The third kappa shape index (κ3) is 2.99. The van der Waals surface area contributed by atoms with Crippen LogP contribution < -0.4 is 0 Å². The predicted octanol–water partition coefficient (Wildman–Crippen LogP) is 2.27. The van der Waals surface area contributed by atoms with Gasteiger partial charge < -0.3 is 5.11 Å². The highest BCUT2D eigenvalue weighted by Crippen LogP contribution is 2.31. The third-order valence-corrected chi connectivity index (χ3v) is 3.06. The van der Waals surface area contributed by atoms with Crippen molar-refractivity contribution in [1.82, 2.24) is 4.98 Å². The molecule has 1 aromatic rings. The third-order valence-electron chi connectivity index (χ3n) is 1.99. The highest BCUT2D eigenvalue weighted by atomic mass is 32.1. The number of carbonyl (C=O) groups is 1. The zero-order chi connectivity index (χ0) is 12.3. The Morgan fingerprint density at radius 1 is 1.69 bits per heavy atom. The lowest BCUT2D eigenvalue weighted by Gasteiger charge is -2.10. The van der Waals surface area contributed by atoms with Crippen molar-refractivity contribution in [3.63, 3.8) is 0 Å². The quantitative estimate of drug-likeness (QED) is 0.633.